The molecule has 2 aromatic rings. The van der Waals surface area contributed by atoms with Crippen LogP contribution in [0.25, 0.3) is 0 Å². The number of aliphatic carboxylic acids is 1. The third-order valence-electron chi connectivity index (χ3n) is 5.04. The summed E-state index contributed by atoms with van der Waals surface area (Å²) >= 11 is 0. The van der Waals surface area contributed by atoms with Crippen molar-refractivity contribution < 1.29 is 19.8 Å². The van der Waals surface area contributed by atoms with Crippen LogP contribution in [0.4, 0.5) is 5.69 Å². The third kappa shape index (κ3) is 2.46. The number of anilines is 1. The molecule has 6 nitrogen and oxygen atoms in total. The molecule has 2 aliphatic rings. The lowest BCUT2D eigenvalue weighted by atomic mass is 9.93. The number of nitrogens with zero attached hydrogens (tertiary/aromatic N) is 1. The molecular weight excluding hydrogens is 320 g/mol. The van der Waals surface area contributed by atoms with Gasteiger partial charge >= 0.3 is 5.97 Å². The summed E-state index contributed by atoms with van der Waals surface area (Å²) in [5, 5.41) is 23.5. The highest BCUT2D eigenvalue weighted by molar-refractivity contribution is 6.01. The van der Waals surface area contributed by atoms with Gasteiger partial charge in [0.05, 0.1) is 0 Å². The molecule has 3 unspecified atom stereocenters. The fourth-order valence-corrected chi connectivity index (χ4v) is 3.80. The number of hydrogen-bond acceptors (Lipinski definition) is 4. The zero-order valence-electron chi connectivity index (χ0n) is 13.4. The van der Waals surface area contributed by atoms with Gasteiger partial charge < -0.3 is 15.5 Å². The number of carboxylic acids is 1. The van der Waals surface area contributed by atoms with Crippen molar-refractivity contribution >= 4 is 17.6 Å². The molecule has 2 aliphatic heterocycles. The van der Waals surface area contributed by atoms with Crippen LogP contribution in [0.5, 0.6) is 0 Å². The maximum absolute atomic E-state index is 12.7. The number of carbonyl (C=O) groups is 2. The number of carboxylic acid groups (broad SMARTS) is 1. The van der Waals surface area contributed by atoms with Gasteiger partial charge in [-0.05, 0) is 24.1 Å². The van der Waals surface area contributed by atoms with E-state index in [0.29, 0.717) is 17.7 Å². The van der Waals surface area contributed by atoms with E-state index in [1.54, 1.807) is 24.3 Å². The first-order chi connectivity index (χ1) is 12.1. The lowest BCUT2D eigenvalue weighted by Gasteiger charge is -2.29. The maximum Gasteiger partial charge on any atom is 0.326 e. The van der Waals surface area contributed by atoms with E-state index in [2.05, 4.69) is 5.32 Å². The van der Waals surface area contributed by atoms with E-state index in [4.69, 9.17) is 0 Å². The number of aliphatic hydroxyl groups is 1. The highest BCUT2D eigenvalue weighted by atomic mass is 16.4. The molecular formula is C19H18N2O4. The molecule has 0 saturated heterocycles. The predicted octanol–water partition coefficient (Wildman–Crippen LogP) is 2.19. The number of carbonyl (C=O) groups excluding carboxylic acids is 1. The van der Waals surface area contributed by atoms with Gasteiger partial charge in [0.25, 0.3) is 5.91 Å². The molecule has 0 saturated carbocycles. The van der Waals surface area contributed by atoms with Gasteiger partial charge in [-0.15, -0.1) is 0 Å². The number of rotatable bonds is 4. The first kappa shape index (κ1) is 15.7. The first-order valence-electron chi connectivity index (χ1n) is 8.23. The number of amides is 1. The van der Waals surface area contributed by atoms with Gasteiger partial charge in [0, 0.05) is 29.3 Å². The Hall–Kier alpha value is -2.86. The Morgan fingerprint density at radius 3 is 2.56 bits per heavy atom. The van der Waals surface area contributed by atoms with Crippen LogP contribution in [0.1, 0.15) is 40.1 Å². The second-order valence-corrected chi connectivity index (χ2v) is 6.43. The molecule has 6 heteroatoms. The summed E-state index contributed by atoms with van der Waals surface area (Å²) < 4.78 is 0. The number of aliphatic hydroxyl groups excluding tert-OH is 1. The molecule has 2 aromatic carbocycles. The monoisotopic (exact) mass is 338 g/mol. The number of nitrogens with one attached hydrogen (secondary N) is 1. The number of fused-ring (bicyclic) bond motifs is 2. The highest BCUT2D eigenvalue weighted by Gasteiger charge is 2.43. The van der Waals surface area contributed by atoms with Gasteiger partial charge in [-0.25, -0.2) is 4.79 Å². The van der Waals surface area contributed by atoms with Gasteiger partial charge in [0.2, 0.25) is 0 Å². The predicted molar refractivity (Wildman–Crippen MR) is 91.3 cm³/mol. The van der Waals surface area contributed by atoms with Crippen molar-refractivity contribution in [3.63, 3.8) is 0 Å². The average molecular weight is 338 g/mol. The van der Waals surface area contributed by atoms with Crippen LogP contribution in [0.3, 0.4) is 0 Å². The van der Waals surface area contributed by atoms with Crippen molar-refractivity contribution in [2.24, 2.45) is 0 Å². The van der Waals surface area contributed by atoms with E-state index in [9.17, 15) is 19.8 Å². The van der Waals surface area contributed by atoms with Crippen LogP contribution in [-0.4, -0.2) is 39.6 Å². The Kier molecular flexibility index (Phi) is 3.69. The van der Waals surface area contributed by atoms with Crippen LogP contribution in [0.15, 0.2) is 48.5 Å². The molecule has 1 amide bonds. The molecule has 0 aliphatic carbocycles. The Bertz CT molecular complexity index is 851. The fraction of sp³-hybridized carbons (Fsp3) is 0.263. The van der Waals surface area contributed by atoms with E-state index < -0.39 is 24.1 Å². The molecule has 2 heterocycles. The zero-order valence-corrected chi connectivity index (χ0v) is 13.4. The summed E-state index contributed by atoms with van der Waals surface area (Å²) in [4.78, 5) is 25.7. The van der Waals surface area contributed by atoms with E-state index in [0.717, 1.165) is 16.2 Å². The standard InChI is InChI=1S/C19H18N2O4/c22-17-13-6-1-2-7-14(13)18(23)21(17)16(19(24)25)9-11-10-20-15-8-4-3-5-12(11)15/h1-8,11,16-17,20,22H,9-10H2,(H,24,25). The molecule has 0 bridgehead atoms. The Morgan fingerprint density at radius 2 is 1.84 bits per heavy atom. The largest absolute Gasteiger partial charge is 0.480 e. The minimum atomic E-state index is -1.23. The molecule has 0 spiro atoms. The fourth-order valence-electron chi connectivity index (χ4n) is 3.80. The quantitative estimate of drug-likeness (QED) is 0.795. The first-order valence-corrected chi connectivity index (χ1v) is 8.23. The van der Waals surface area contributed by atoms with Crippen molar-refractivity contribution in [2.45, 2.75) is 24.6 Å². The lowest BCUT2D eigenvalue weighted by Crippen LogP contribution is -2.44. The van der Waals surface area contributed by atoms with Crippen molar-refractivity contribution in [2.75, 3.05) is 11.9 Å². The van der Waals surface area contributed by atoms with Crippen LogP contribution >= 0.6 is 0 Å². The second-order valence-electron chi connectivity index (χ2n) is 6.43. The summed E-state index contributed by atoms with van der Waals surface area (Å²) in [6.07, 6.45) is -0.981. The molecule has 4 rings (SSSR count). The summed E-state index contributed by atoms with van der Waals surface area (Å²) in [5.74, 6) is -1.57. The molecule has 0 fully saturated rings. The smallest absolute Gasteiger partial charge is 0.326 e. The second kappa shape index (κ2) is 5.89. The van der Waals surface area contributed by atoms with Crippen molar-refractivity contribution in [1.29, 1.82) is 0 Å². The SMILES string of the molecule is O=C(O)C(CC1CNc2ccccc21)N1C(=O)c2ccccc2C1O. The Balaban J connectivity index is 1.64. The molecule has 25 heavy (non-hydrogen) atoms. The van der Waals surface area contributed by atoms with E-state index in [1.807, 2.05) is 24.3 Å². The number of hydrogen-bond donors (Lipinski definition) is 3. The summed E-state index contributed by atoms with van der Waals surface area (Å²) in [6, 6.07) is 13.4. The Morgan fingerprint density at radius 1 is 1.16 bits per heavy atom. The van der Waals surface area contributed by atoms with Crippen molar-refractivity contribution in [3.8, 4) is 0 Å². The van der Waals surface area contributed by atoms with E-state index in [1.165, 1.54) is 0 Å². The van der Waals surface area contributed by atoms with E-state index >= 15 is 0 Å². The normalized spacial score (nSPS) is 22.3. The van der Waals surface area contributed by atoms with Crippen LogP contribution in [0, 0.1) is 0 Å². The molecule has 128 valence electrons. The van der Waals surface area contributed by atoms with Crippen molar-refractivity contribution in [3.05, 3.63) is 65.2 Å². The minimum absolute atomic E-state index is 0.0268. The Labute approximate surface area is 144 Å². The van der Waals surface area contributed by atoms with Gasteiger partial charge in [-0.2, -0.15) is 0 Å². The minimum Gasteiger partial charge on any atom is -0.480 e. The van der Waals surface area contributed by atoms with Gasteiger partial charge in [-0.1, -0.05) is 36.4 Å². The van der Waals surface area contributed by atoms with Crippen molar-refractivity contribution in [1.82, 2.24) is 4.90 Å². The average Bonchev–Trinajstić information content (AvgIpc) is 3.13. The van der Waals surface area contributed by atoms with Crippen LogP contribution < -0.4 is 5.32 Å². The number of benzene rings is 2. The molecule has 3 N–H and O–H groups in total. The van der Waals surface area contributed by atoms with Crippen LogP contribution in [-0.2, 0) is 4.79 Å². The van der Waals surface area contributed by atoms with E-state index in [-0.39, 0.29) is 12.3 Å². The third-order valence-corrected chi connectivity index (χ3v) is 5.04. The topological polar surface area (TPSA) is 89.9 Å². The summed E-state index contributed by atoms with van der Waals surface area (Å²) in [7, 11) is 0. The molecule has 3 atom stereocenters. The van der Waals surface area contributed by atoms with Gasteiger partial charge in [0.15, 0.2) is 6.23 Å². The van der Waals surface area contributed by atoms with Gasteiger partial charge in [0.1, 0.15) is 6.04 Å². The summed E-state index contributed by atoms with van der Waals surface area (Å²) in [6.45, 7) is 0.619. The summed E-state index contributed by atoms with van der Waals surface area (Å²) in [5.41, 5.74) is 2.87. The maximum atomic E-state index is 12.7. The lowest BCUT2D eigenvalue weighted by molar-refractivity contribution is -0.146. The molecule has 0 radical (unpaired) electrons. The van der Waals surface area contributed by atoms with Gasteiger partial charge in [-0.3, -0.25) is 9.69 Å². The highest BCUT2D eigenvalue weighted by Crippen LogP contribution is 2.39. The molecule has 0 aromatic heterocycles. The zero-order chi connectivity index (χ0) is 17.6. The number of para-hydroxylation sites is 1. The van der Waals surface area contributed by atoms with Crippen LogP contribution in [0.2, 0.25) is 0 Å².